The molecular weight excluding hydrogens is 319 g/mol. The second-order valence-electron chi connectivity index (χ2n) is 6.37. The molecule has 1 aliphatic heterocycles. The first kappa shape index (κ1) is 17.6. The third-order valence-corrected chi connectivity index (χ3v) is 5.02. The van der Waals surface area contributed by atoms with Crippen molar-refractivity contribution < 1.29 is 4.79 Å². The quantitative estimate of drug-likeness (QED) is 0.857. The van der Waals surface area contributed by atoms with Gasteiger partial charge in [0.05, 0.1) is 5.54 Å². The fourth-order valence-electron chi connectivity index (χ4n) is 3.21. The summed E-state index contributed by atoms with van der Waals surface area (Å²) in [6, 6.07) is 7.86. The van der Waals surface area contributed by atoms with Crippen molar-refractivity contribution in [3.63, 3.8) is 0 Å². The molecule has 1 aromatic carbocycles. The van der Waals surface area contributed by atoms with Gasteiger partial charge in [-0.15, -0.1) is 12.4 Å². The van der Waals surface area contributed by atoms with E-state index in [1.807, 2.05) is 24.3 Å². The molecule has 3 nitrogen and oxygen atoms in total. The lowest BCUT2D eigenvalue weighted by Crippen LogP contribution is -2.35. The number of hydrogen-bond donors (Lipinski definition) is 2. The number of carbonyl (C=O) groups is 1. The molecule has 0 spiro atoms. The van der Waals surface area contributed by atoms with E-state index < -0.39 is 0 Å². The van der Waals surface area contributed by atoms with Crippen LogP contribution in [0.15, 0.2) is 24.3 Å². The van der Waals surface area contributed by atoms with Crippen molar-refractivity contribution in [3.05, 3.63) is 34.9 Å². The maximum atomic E-state index is 12.2. The summed E-state index contributed by atoms with van der Waals surface area (Å²) < 4.78 is 0. The van der Waals surface area contributed by atoms with Gasteiger partial charge in [-0.05, 0) is 68.8 Å². The largest absolute Gasteiger partial charge is 0.347 e. The standard InChI is InChI=1S/C17H23ClN2O.ClH/c18-15-4-2-14(3-5-15)17(9-10-17)20-16(21)6-1-13-7-11-19-12-8-13;/h2-5,13,19H,1,6-12H2,(H,20,21);1H. The Morgan fingerprint density at radius 3 is 2.45 bits per heavy atom. The van der Waals surface area contributed by atoms with Crippen LogP contribution < -0.4 is 10.6 Å². The Kier molecular flexibility index (Phi) is 6.13. The number of nitrogens with one attached hydrogen (secondary N) is 2. The van der Waals surface area contributed by atoms with Crippen molar-refractivity contribution in [1.29, 1.82) is 0 Å². The molecule has 1 heterocycles. The fraction of sp³-hybridized carbons (Fsp3) is 0.588. The summed E-state index contributed by atoms with van der Waals surface area (Å²) in [5.41, 5.74) is 1.07. The zero-order chi connectivity index (χ0) is 14.7. The molecule has 1 amide bonds. The van der Waals surface area contributed by atoms with Crippen molar-refractivity contribution in [2.24, 2.45) is 5.92 Å². The van der Waals surface area contributed by atoms with E-state index in [0.717, 1.165) is 37.4 Å². The van der Waals surface area contributed by atoms with Gasteiger partial charge >= 0.3 is 0 Å². The van der Waals surface area contributed by atoms with Crippen LogP contribution in [0.1, 0.15) is 44.1 Å². The minimum absolute atomic E-state index is 0. The van der Waals surface area contributed by atoms with Gasteiger partial charge in [-0.2, -0.15) is 0 Å². The minimum atomic E-state index is -0.115. The van der Waals surface area contributed by atoms with E-state index in [9.17, 15) is 4.79 Å². The summed E-state index contributed by atoms with van der Waals surface area (Å²) >= 11 is 5.93. The lowest BCUT2D eigenvalue weighted by molar-refractivity contribution is -0.122. The molecule has 1 aromatic rings. The van der Waals surface area contributed by atoms with E-state index in [-0.39, 0.29) is 23.9 Å². The molecule has 0 radical (unpaired) electrons. The van der Waals surface area contributed by atoms with Crippen LogP contribution in [0, 0.1) is 5.92 Å². The monoisotopic (exact) mass is 342 g/mol. The van der Waals surface area contributed by atoms with Gasteiger partial charge in [0.25, 0.3) is 0 Å². The molecule has 0 bridgehead atoms. The topological polar surface area (TPSA) is 41.1 Å². The SMILES string of the molecule is Cl.O=C(CCC1CCNCC1)NC1(c2ccc(Cl)cc2)CC1. The number of hydrogen-bond acceptors (Lipinski definition) is 2. The molecule has 1 aliphatic carbocycles. The third-order valence-electron chi connectivity index (χ3n) is 4.76. The molecule has 5 heteroatoms. The molecule has 122 valence electrons. The molecular formula is C17H24Cl2N2O. The average Bonchev–Trinajstić information content (AvgIpc) is 3.27. The van der Waals surface area contributed by atoms with Crippen LogP contribution in [-0.2, 0) is 10.3 Å². The van der Waals surface area contributed by atoms with Crippen molar-refractivity contribution in [3.8, 4) is 0 Å². The molecule has 1 saturated heterocycles. The highest BCUT2D eigenvalue weighted by molar-refractivity contribution is 6.30. The maximum absolute atomic E-state index is 12.2. The van der Waals surface area contributed by atoms with Crippen LogP contribution in [0.4, 0.5) is 0 Å². The first-order valence-electron chi connectivity index (χ1n) is 7.96. The summed E-state index contributed by atoms with van der Waals surface area (Å²) in [5.74, 6) is 0.906. The third kappa shape index (κ3) is 4.37. The normalized spacial score (nSPS) is 20.0. The van der Waals surface area contributed by atoms with E-state index in [2.05, 4.69) is 10.6 Å². The van der Waals surface area contributed by atoms with E-state index in [0.29, 0.717) is 12.3 Å². The van der Waals surface area contributed by atoms with Crippen molar-refractivity contribution in [2.75, 3.05) is 13.1 Å². The molecule has 2 N–H and O–H groups in total. The predicted octanol–water partition coefficient (Wildman–Crippen LogP) is 3.65. The van der Waals surface area contributed by atoms with E-state index in [1.165, 1.54) is 18.4 Å². The number of benzene rings is 1. The Labute approximate surface area is 143 Å². The highest BCUT2D eigenvalue weighted by Gasteiger charge is 2.45. The van der Waals surface area contributed by atoms with Gasteiger partial charge in [0.15, 0.2) is 0 Å². The first-order chi connectivity index (χ1) is 10.2. The summed E-state index contributed by atoms with van der Waals surface area (Å²) in [5, 5.41) is 7.35. The molecule has 2 aliphatic rings. The Morgan fingerprint density at radius 2 is 1.86 bits per heavy atom. The second kappa shape index (κ2) is 7.67. The number of halogens is 2. The van der Waals surface area contributed by atoms with Crippen LogP contribution in [0.3, 0.4) is 0 Å². The fourth-order valence-corrected chi connectivity index (χ4v) is 3.34. The Balaban J connectivity index is 0.00000176. The molecule has 2 fully saturated rings. The summed E-state index contributed by atoms with van der Waals surface area (Å²) in [4.78, 5) is 12.2. The van der Waals surface area contributed by atoms with Crippen LogP contribution in [0.5, 0.6) is 0 Å². The molecule has 22 heavy (non-hydrogen) atoms. The molecule has 3 rings (SSSR count). The van der Waals surface area contributed by atoms with Gasteiger partial charge in [-0.3, -0.25) is 4.79 Å². The van der Waals surface area contributed by atoms with Crippen molar-refractivity contribution in [2.45, 2.75) is 44.1 Å². The Morgan fingerprint density at radius 1 is 1.23 bits per heavy atom. The average molecular weight is 343 g/mol. The van der Waals surface area contributed by atoms with E-state index in [4.69, 9.17) is 11.6 Å². The van der Waals surface area contributed by atoms with Gasteiger partial charge in [0, 0.05) is 11.4 Å². The molecule has 0 atom stereocenters. The minimum Gasteiger partial charge on any atom is -0.347 e. The van der Waals surface area contributed by atoms with Crippen LogP contribution in [-0.4, -0.2) is 19.0 Å². The number of carbonyl (C=O) groups excluding carboxylic acids is 1. The molecule has 0 unspecified atom stereocenters. The van der Waals surface area contributed by atoms with Gasteiger partial charge < -0.3 is 10.6 Å². The predicted molar refractivity (Wildman–Crippen MR) is 92.6 cm³/mol. The van der Waals surface area contributed by atoms with Gasteiger partial charge in [0.2, 0.25) is 5.91 Å². The zero-order valence-corrected chi connectivity index (χ0v) is 14.3. The van der Waals surface area contributed by atoms with E-state index >= 15 is 0 Å². The number of rotatable bonds is 5. The van der Waals surface area contributed by atoms with Crippen LogP contribution >= 0.6 is 24.0 Å². The Bertz CT molecular complexity index is 494. The van der Waals surface area contributed by atoms with E-state index in [1.54, 1.807) is 0 Å². The Hall–Kier alpha value is -0.770. The summed E-state index contributed by atoms with van der Waals surface area (Å²) in [7, 11) is 0. The lowest BCUT2D eigenvalue weighted by atomic mass is 9.93. The number of amides is 1. The number of piperidine rings is 1. The highest BCUT2D eigenvalue weighted by Crippen LogP contribution is 2.45. The summed E-state index contributed by atoms with van der Waals surface area (Å²) in [6.45, 7) is 2.20. The van der Waals surface area contributed by atoms with Crippen molar-refractivity contribution >= 4 is 29.9 Å². The van der Waals surface area contributed by atoms with Crippen LogP contribution in [0.2, 0.25) is 5.02 Å². The van der Waals surface area contributed by atoms with Gasteiger partial charge in [-0.25, -0.2) is 0 Å². The zero-order valence-electron chi connectivity index (χ0n) is 12.7. The molecule has 0 aromatic heterocycles. The first-order valence-corrected chi connectivity index (χ1v) is 8.33. The second-order valence-corrected chi connectivity index (χ2v) is 6.81. The van der Waals surface area contributed by atoms with Gasteiger partial charge in [-0.1, -0.05) is 23.7 Å². The maximum Gasteiger partial charge on any atom is 0.220 e. The van der Waals surface area contributed by atoms with Crippen LogP contribution in [0.25, 0.3) is 0 Å². The highest BCUT2D eigenvalue weighted by atomic mass is 35.5. The lowest BCUT2D eigenvalue weighted by Gasteiger charge is -2.23. The van der Waals surface area contributed by atoms with Crippen molar-refractivity contribution in [1.82, 2.24) is 10.6 Å². The molecule has 1 saturated carbocycles. The van der Waals surface area contributed by atoms with Gasteiger partial charge in [0.1, 0.15) is 0 Å². The summed E-state index contributed by atoms with van der Waals surface area (Å²) in [6.07, 6.45) is 6.15. The smallest absolute Gasteiger partial charge is 0.220 e.